The first-order chi connectivity index (χ1) is 9.65. The van der Waals surface area contributed by atoms with E-state index >= 15 is 0 Å². The maximum atomic E-state index is 5.87. The third kappa shape index (κ3) is 4.44. The molecule has 0 amide bonds. The minimum Gasteiger partial charge on any atom is -0.371 e. The fraction of sp³-hybridized carbons (Fsp3) is 0.562. The Labute approximate surface area is 122 Å². The Morgan fingerprint density at radius 1 is 1.40 bits per heavy atom. The van der Waals surface area contributed by atoms with Crippen molar-refractivity contribution in [2.24, 2.45) is 22.6 Å². The molecule has 2 rings (SSSR count). The number of nitrogens with one attached hydrogen (secondary N) is 1. The summed E-state index contributed by atoms with van der Waals surface area (Å²) in [6, 6.07) is 10.6. The SMILES string of the molecule is CC(C)CN=C(N)NCC1CCN(c2ccccc2)C1. The molecule has 20 heavy (non-hydrogen) atoms. The van der Waals surface area contributed by atoms with Crippen molar-refractivity contribution in [3.05, 3.63) is 30.3 Å². The van der Waals surface area contributed by atoms with Gasteiger partial charge in [-0.15, -0.1) is 0 Å². The average Bonchev–Trinajstić information content (AvgIpc) is 2.93. The van der Waals surface area contributed by atoms with Gasteiger partial charge in [0.1, 0.15) is 0 Å². The number of hydrogen-bond donors (Lipinski definition) is 2. The molecule has 4 heteroatoms. The van der Waals surface area contributed by atoms with Crippen LogP contribution in [-0.4, -0.2) is 32.1 Å². The van der Waals surface area contributed by atoms with Crippen molar-refractivity contribution in [2.45, 2.75) is 20.3 Å². The third-order valence-electron chi connectivity index (χ3n) is 3.61. The quantitative estimate of drug-likeness (QED) is 0.638. The number of para-hydroxylation sites is 1. The molecule has 1 fully saturated rings. The molecule has 4 nitrogen and oxygen atoms in total. The van der Waals surface area contributed by atoms with Crippen LogP contribution in [0.2, 0.25) is 0 Å². The molecular weight excluding hydrogens is 248 g/mol. The number of benzene rings is 1. The van der Waals surface area contributed by atoms with Gasteiger partial charge in [-0.2, -0.15) is 0 Å². The van der Waals surface area contributed by atoms with Crippen LogP contribution < -0.4 is 16.0 Å². The second kappa shape index (κ2) is 7.17. The molecule has 0 radical (unpaired) electrons. The standard InChI is InChI=1S/C16H26N4/c1-13(2)10-18-16(17)19-11-14-8-9-20(12-14)15-6-4-3-5-7-15/h3-7,13-14H,8-12H2,1-2H3,(H3,17,18,19). The number of aliphatic imine (C=N–C) groups is 1. The van der Waals surface area contributed by atoms with Gasteiger partial charge in [-0.1, -0.05) is 32.0 Å². The molecule has 0 spiro atoms. The van der Waals surface area contributed by atoms with Crippen molar-refractivity contribution in [1.82, 2.24) is 5.32 Å². The van der Waals surface area contributed by atoms with Crippen LogP contribution >= 0.6 is 0 Å². The summed E-state index contributed by atoms with van der Waals surface area (Å²) in [5, 5.41) is 3.25. The van der Waals surface area contributed by atoms with Crippen molar-refractivity contribution in [3.63, 3.8) is 0 Å². The highest BCUT2D eigenvalue weighted by atomic mass is 15.2. The van der Waals surface area contributed by atoms with E-state index < -0.39 is 0 Å². The van der Waals surface area contributed by atoms with Gasteiger partial charge in [0.2, 0.25) is 0 Å². The van der Waals surface area contributed by atoms with E-state index in [9.17, 15) is 0 Å². The molecule has 1 aromatic carbocycles. The molecule has 1 aliphatic rings. The summed E-state index contributed by atoms with van der Waals surface area (Å²) >= 11 is 0. The van der Waals surface area contributed by atoms with Crippen LogP contribution in [-0.2, 0) is 0 Å². The number of rotatable bonds is 5. The van der Waals surface area contributed by atoms with Crippen LogP contribution in [0, 0.1) is 11.8 Å². The Bertz CT molecular complexity index is 427. The fourth-order valence-corrected chi connectivity index (χ4v) is 2.46. The molecule has 1 aromatic rings. The Morgan fingerprint density at radius 2 is 2.15 bits per heavy atom. The molecule has 1 aliphatic heterocycles. The molecule has 0 aromatic heterocycles. The summed E-state index contributed by atoms with van der Waals surface area (Å²) in [5.74, 6) is 1.77. The average molecular weight is 274 g/mol. The van der Waals surface area contributed by atoms with Gasteiger partial charge in [-0.25, -0.2) is 0 Å². The molecule has 0 saturated carbocycles. The van der Waals surface area contributed by atoms with Crippen molar-refractivity contribution in [1.29, 1.82) is 0 Å². The first kappa shape index (κ1) is 14.7. The summed E-state index contributed by atoms with van der Waals surface area (Å²) < 4.78 is 0. The first-order valence-electron chi connectivity index (χ1n) is 7.49. The Morgan fingerprint density at radius 3 is 2.85 bits per heavy atom. The summed E-state index contributed by atoms with van der Waals surface area (Å²) in [7, 11) is 0. The van der Waals surface area contributed by atoms with E-state index in [1.807, 2.05) is 0 Å². The lowest BCUT2D eigenvalue weighted by molar-refractivity contribution is 0.568. The Kier molecular flexibility index (Phi) is 5.27. The number of anilines is 1. The minimum absolute atomic E-state index is 0.551. The predicted octanol–water partition coefficient (Wildman–Crippen LogP) is 2.07. The van der Waals surface area contributed by atoms with Gasteiger partial charge in [-0.3, -0.25) is 4.99 Å². The van der Waals surface area contributed by atoms with Crippen molar-refractivity contribution < 1.29 is 0 Å². The lowest BCUT2D eigenvalue weighted by Crippen LogP contribution is -2.36. The molecule has 0 bridgehead atoms. The molecule has 1 unspecified atom stereocenters. The molecule has 1 saturated heterocycles. The summed E-state index contributed by atoms with van der Waals surface area (Å²) in [5.41, 5.74) is 7.19. The predicted molar refractivity (Wildman–Crippen MR) is 86.1 cm³/mol. The fourth-order valence-electron chi connectivity index (χ4n) is 2.46. The Hall–Kier alpha value is -1.71. The normalized spacial score (nSPS) is 19.6. The van der Waals surface area contributed by atoms with Gasteiger partial charge in [0.25, 0.3) is 0 Å². The number of guanidine groups is 1. The van der Waals surface area contributed by atoms with Crippen LogP contribution in [0.25, 0.3) is 0 Å². The lowest BCUT2D eigenvalue weighted by atomic mass is 10.1. The van der Waals surface area contributed by atoms with Gasteiger partial charge in [0.05, 0.1) is 0 Å². The van der Waals surface area contributed by atoms with Gasteiger partial charge in [0, 0.05) is 31.9 Å². The highest BCUT2D eigenvalue weighted by molar-refractivity contribution is 5.77. The van der Waals surface area contributed by atoms with Crippen LogP contribution in [0.15, 0.2) is 35.3 Å². The highest BCUT2D eigenvalue weighted by Gasteiger charge is 2.22. The van der Waals surface area contributed by atoms with E-state index in [1.54, 1.807) is 0 Å². The third-order valence-corrected chi connectivity index (χ3v) is 3.61. The molecule has 1 heterocycles. The maximum absolute atomic E-state index is 5.87. The zero-order valence-electron chi connectivity index (χ0n) is 12.5. The van der Waals surface area contributed by atoms with E-state index in [0.717, 1.165) is 26.2 Å². The van der Waals surface area contributed by atoms with Gasteiger partial charge >= 0.3 is 0 Å². The molecular formula is C16H26N4. The smallest absolute Gasteiger partial charge is 0.188 e. The van der Waals surface area contributed by atoms with Gasteiger partial charge < -0.3 is 16.0 Å². The van der Waals surface area contributed by atoms with E-state index in [4.69, 9.17) is 5.73 Å². The topological polar surface area (TPSA) is 53.6 Å². The van der Waals surface area contributed by atoms with E-state index in [0.29, 0.717) is 17.8 Å². The number of hydrogen-bond acceptors (Lipinski definition) is 2. The van der Waals surface area contributed by atoms with Crippen LogP contribution in [0.4, 0.5) is 5.69 Å². The monoisotopic (exact) mass is 274 g/mol. The summed E-state index contributed by atoms with van der Waals surface area (Å²) in [6.07, 6.45) is 1.21. The lowest BCUT2D eigenvalue weighted by Gasteiger charge is -2.18. The summed E-state index contributed by atoms with van der Waals surface area (Å²) in [4.78, 5) is 6.77. The summed E-state index contributed by atoms with van der Waals surface area (Å²) in [6.45, 7) is 8.21. The minimum atomic E-state index is 0.551. The zero-order valence-corrected chi connectivity index (χ0v) is 12.5. The van der Waals surface area contributed by atoms with E-state index in [2.05, 4.69) is 59.4 Å². The van der Waals surface area contributed by atoms with Gasteiger partial charge in [0.15, 0.2) is 5.96 Å². The Balaban J connectivity index is 1.75. The molecule has 3 N–H and O–H groups in total. The van der Waals surface area contributed by atoms with Gasteiger partial charge in [-0.05, 0) is 30.4 Å². The van der Waals surface area contributed by atoms with Crippen molar-refractivity contribution >= 4 is 11.6 Å². The molecule has 0 aliphatic carbocycles. The number of nitrogens with zero attached hydrogens (tertiary/aromatic N) is 2. The van der Waals surface area contributed by atoms with Crippen LogP contribution in [0.3, 0.4) is 0 Å². The van der Waals surface area contributed by atoms with E-state index in [1.165, 1.54) is 12.1 Å². The number of nitrogens with two attached hydrogens (primary N) is 1. The zero-order chi connectivity index (χ0) is 14.4. The van der Waals surface area contributed by atoms with Crippen molar-refractivity contribution in [3.8, 4) is 0 Å². The van der Waals surface area contributed by atoms with Crippen LogP contribution in [0.1, 0.15) is 20.3 Å². The highest BCUT2D eigenvalue weighted by Crippen LogP contribution is 2.22. The molecule has 110 valence electrons. The second-order valence-electron chi connectivity index (χ2n) is 5.94. The van der Waals surface area contributed by atoms with Crippen LogP contribution in [0.5, 0.6) is 0 Å². The second-order valence-corrected chi connectivity index (χ2v) is 5.94. The van der Waals surface area contributed by atoms with E-state index in [-0.39, 0.29) is 0 Å². The maximum Gasteiger partial charge on any atom is 0.188 e. The molecule has 1 atom stereocenters. The van der Waals surface area contributed by atoms with Crippen molar-refractivity contribution in [2.75, 3.05) is 31.1 Å². The first-order valence-corrected chi connectivity index (χ1v) is 7.49. The largest absolute Gasteiger partial charge is 0.371 e.